The highest BCUT2D eigenvalue weighted by molar-refractivity contribution is 5.81. The van der Waals surface area contributed by atoms with Crippen molar-refractivity contribution in [2.45, 2.75) is 104 Å². The van der Waals surface area contributed by atoms with E-state index in [0.717, 1.165) is 31.6 Å². The van der Waals surface area contributed by atoms with Crippen LogP contribution in [0.3, 0.4) is 0 Å². The summed E-state index contributed by atoms with van der Waals surface area (Å²) in [4.78, 5) is 23.6. The monoisotopic (exact) mass is 354 g/mol. The SMILES string of the molecule is CC(C)CCCCCCCCC(C)OC(=O)C1CCCCC1C(=O)O. The molecular formula is C21H38O4. The van der Waals surface area contributed by atoms with Crippen molar-refractivity contribution in [3.05, 3.63) is 0 Å². The number of carbonyl (C=O) groups excluding carboxylic acids is 1. The lowest BCUT2D eigenvalue weighted by molar-refractivity contribution is -0.163. The number of ether oxygens (including phenoxy) is 1. The number of aliphatic carboxylic acids is 1. The maximum Gasteiger partial charge on any atom is 0.310 e. The van der Waals surface area contributed by atoms with Gasteiger partial charge in [0.2, 0.25) is 0 Å². The summed E-state index contributed by atoms with van der Waals surface area (Å²) in [6, 6.07) is 0. The molecule has 1 aliphatic carbocycles. The molecule has 1 N–H and O–H groups in total. The molecule has 0 radical (unpaired) electrons. The second kappa shape index (κ2) is 12.3. The average Bonchev–Trinajstić information content (AvgIpc) is 2.56. The normalized spacial score (nSPS) is 21.9. The van der Waals surface area contributed by atoms with Gasteiger partial charge in [0.25, 0.3) is 0 Å². The van der Waals surface area contributed by atoms with Gasteiger partial charge in [-0.3, -0.25) is 9.59 Å². The maximum atomic E-state index is 12.3. The van der Waals surface area contributed by atoms with Crippen molar-refractivity contribution in [1.29, 1.82) is 0 Å². The minimum absolute atomic E-state index is 0.107. The molecule has 0 saturated heterocycles. The third-order valence-corrected chi connectivity index (χ3v) is 5.35. The average molecular weight is 355 g/mol. The van der Waals surface area contributed by atoms with Crippen LogP contribution >= 0.6 is 0 Å². The summed E-state index contributed by atoms with van der Waals surface area (Å²) in [7, 11) is 0. The number of hydrogen-bond acceptors (Lipinski definition) is 3. The van der Waals surface area contributed by atoms with Gasteiger partial charge < -0.3 is 9.84 Å². The van der Waals surface area contributed by atoms with E-state index in [4.69, 9.17) is 4.74 Å². The molecule has 4 heteroatoms. The lowest BCUT2D eigenvalue weighted by Gasteiger charge is -2.28. The minimum atomic E-state index is -0.855. The first-order valence-electron chi connectivity index (χ1n) is 10.3. The molecule has 0 aromatic rings. The van der Waals surface area contributed by atoms with E-state index >= 15 is 0 Å². The minimum Gasteiger partial charge on any atom is -0.481 e. The van der Waals surface area contributed by atoms with E-state index in [1.807, 2.05) is 6.92 Å². The van der Waals surface area contributed by atoms with Gasteiger partial charge >= 0.3 is 11.9 Å². The molecule has 3 atom stereocenters. The molecule has 3 unspecified atom stereocenters. The van der Waals surface area contributed by atoms with Gasteiger partial charge in [-0.05, 0) is 38.5 Å². The smallest absolute Gasteiger partial charge is 0.310 e. The Labute approximate surface area is 153 Å². The Kier molecular flexibility index (Phi) is 10.8. The molecule has 1 rings (SSSR count). The third kappa shape index (κ3) is 9.27. The van der Waals surface area contributed by atoms with Crippen molar-refractivity contribution in [2.75, 3.05) is 0 Å². The van der Waals surface area contributed by atoms with Crippen molar-refractivity contribution in [1.82, 2.24) is 0 Å². The van der Waals surface area contributed by atoms with Crippen LogP contribution in [0.4, 0.5) is 0 Å². The highest BCUT2D eigenvalue weighted by atomic mass is 16.5. The van der Waals surface area contributed by atoms with Crippen molar-refractivity contribution < 1.29 is 19.4 Å². The fraction of sp³-hybridized carbons (Fsp3) is 0.905. The maximum absolute atomic E-state index is 12.3. The summed E-state index contributed by atoms with van der Waals surface area (Å²) in [5, 5.41) is 9.28. The van der Waals surface area contributed by atoms with E-state index < -0.39 is 17.8 Å². The number of hydrogen-bond donors (Lipinski definition) is 1. The summed E-state index contributed by atoms with van der Waals surface area (Å²) in [5.41, 5.74) is 0. The molecule has 0 spiro atoms. The van der Waals surface area contributed by atoms with Gasteiger partial charge in [0.15, 0.2) is 0 Å². The van der Waals surface area contributed by atoms with Crippen LogP contribution in [0.1, 0.15) is 97.8 Å². The zero-order chi connectivity index (χ0) is 18.7. The van der Waals surface area contributed by atoms with Gasteiger partial charge in [-0.1, -0.05) is 65.2 Å². The quantitative estimate of drug-likeness (QED) is 0.367. The Morgan fingerprint density at radius 1 is 0.880 bits per heavy atom. The van der Waals surface area contributed by atoms with Crippen molar-refractivity contribution in [3.63, 3.8) is 0 Å². The van der Waals surface area contributed by atoms with Crippen LogP contribution in [0.25, 0.3) is 0 Å². The second-order valence-electron chi connectivity index (χ2n) is 8.18. The predicted molar refractivity (Wildman–Crippen MR) is 100 cm³/mol. The van der Waals surface area contributed by atoms with Crippen LogP contribution in [-0.4, -0.2) is 23.1 Å². The standard InChI is InChI=1S/C21H38O4/c1-16(2)12-8-6-4-5-7-9-13-17(3)25-21(24)19-15-11-10-14-18(19)20(22)23/h16-19H,4-15H2,1-3H3,(H,22,23). The topological polar surface area (TPSA) is 63.6 Å². The summed E-state index contributed by atoms with van der Waals surface area (Å²) in [5.74, 6) is -1.35. The number of esters is 1. The van der Waals surface area contributed by atoms with Crippen LogP contribution in [0, 0.1) is 17.8 Å². The van der Waals surface area contributed by atoms with Crippen molar-refractivity contribution in [2.24, 2.45) is 17.8 Å². The van der Waals surface area contributed by atoms with Gasteiger partial charge in [-0.15, -0.1) is 0 Å². The number of unbranched alkanes of at least 4 members (excludes halogenated alkanes) is 5. The first kappa shape index (κ1) is 22.0. The molecule has 0 aromatic carbocycles. The van der Waals surface area contributed by atoms with Gasteiger partial charge in [0.1, 0.15) is 0 Å². The molecule has 1 aliphatic rings. The van der Waals surface area contributed by atoms with Gasteiger partial charge in [0, 0.05) is 0 Å². The molecule has 1 saturated carbocycles. The van der Waals surface area contributed by atoms with Crippen LogP contribution in [0.15, 0.2) is 0 Å². The van der Waals surface area contributed by atoms with Gasteiger partial charge in [-0.2, -0.15) is 0 Å². The summed E-state index contributed by atoms with van der Waals surface area (Å²) >= 11 is 0. The highest BCUT2D eigenvalue weighted by Crippen LogP contribution is 2.31. The van der Waals surface area contributed by atoms with Crippen molar-refractivity contribution in [3.8, 4) is 0 Å². The molecule has 0 bridgehead atoms. The van der Waals surface area contributed by atoms with E-state index in [2.05, 4.69) is 13.8 Å². The summed E-state index contributed by atoms with van der Waals surface area (Å²) in [6.07, 6.45) is 12.6. The van der Waals surface area contributed by atoms with Crippen LogP contribution < -0.4 is 0 Å². The molecule has 0 aromatic heterocycles. The third-order valence-electron chi connectivity index (χ3n) is 5.35. The van der Waals surface area contributed by atoms with E-state index in [0.29, 0.717) is 12.8 Å². The Balaban J connectivity index is 2.13. The zero-order valence-corrected chi connectivity index (χ0v) is 16.5. The number of carboxylic acid groups (broad SMARTS) is 1. The number of rotatable bonds is 12. The molecule has 4 nitrogen and oxygen atoms in total. The first-order chi connectivity index (χ1) is 11.9. The fourth-order valence-corrected chi connectivity index (χ4v) is 3.74. The molecule has 146 valence electrons. The molecule has 0 aliphatic heterocycles. The highest BCUT2D eigenvalue weighted by Gasteiger charge is 2.37. The van der Waals surface area contributed by atoms with Gasteiger partial charge in [0.05, 0.1) is 17.9 Å². The molecule has 0 heterocycles. The lowest BCUT2D eigenvalue weighted by atomic mass is 9.79. The van der Waals surface area contributed by atoms with Crippen LogP contribution in [0.2, 0.25) is 0 Å². The lowest BCUT2D eigenvalue weighted by Crippen LogP contribution is -2.35. The van der Waals surface area contributed by atoms with Gasteiger partial charge in [-0.25, -0.2) is 0 Å². The second-order valence-corrected chi connectivity index (χ2v) is 8.18. The molecular weight excluding hydrogens is 316 g/mol. The summed E-state index contributed by atoms with van der Waals surface area (Å²) < 4.78 is 5.54. The van der Waals surface area contributed by atoms with E-state index in [1.165, 1.54) is 38.5 Å². The van der Waals surface area contributed by atoms with E-state index in [-0.39, 0.29) is 12.1 Å². The largest absolute Gasteiger partial charge is 0.481 e. The van der Waals surface area contributed by atoms with E-state index in [9.17, 15) is 14.7 Å². The Morgan fingerprint density at radius 3 is 1.96 bits per heavy atom. The van der Waals surface area contributed by atoms with Crippen LogP contribution in [0.5, 0.6) is 0 Å². The van der Waals surface area contributed by atoms with Crippen LogP contribution in [-0.2, 0) is 14.3 Å². The predicted octanol–water partition coefficient (Wildman–Crippen LogP) is 5.59. The van der Waals surface area contributed by atoms with Crippen molar-refractivity contribution >= 4 is 11.9 Å². The Hall–Kier alpha value is -1.06. The van der Waals surface area contributed by atoms with E-state index in [1.54, 1.807) is 0 Å². The molecule has 1 fully saturated rings. The fourth-order valence-electron chi connectivity index (χ4n) is 3.74. The molecule has 0 amide bonds. The number of carboxylic acids is 1. The first-order valence-corrected chi connectivity index (χ1v) is 10.3. The number of carbonyl (C=O) groups is 2. The Morgan fingerprint density at radius 2 is 1.40 bits per heavy atom. The Bertz CT molecular complexity index is 391. The summed E-state index contributed by atoms with van der Waals surface area (Å²) in [6.45, 7) is 6.47. The zero-order valence-electron chi connectivity index (χ0n) is 16.5. The molecule has 25 heavy (non-hydrogen) atoms.